The minimum Gasteiger partial charge on any atom is -0.459 e. The Morgan fingerprint density at radius 2 is 1.10 bits per heavy atom. The summed E-state index contributed by atoms with van der Waals surface area (Å²) in [7, 11) is 0. The maximum atomic E-state index is 13.0. The normalized spacial score (nSPS) is 22.2. The fraction of sp³-hybridized carbons (Fsp3) is 0.346. The van der Waals surface area contributed by atoms with E-state index in [4.69, 9.17) is 28.4 Å². The van der Waals surface area contributed by atoms with Gasteiger partial charge in [-0.1, -0.05) is 31.9 Å². The zero-order valence-electron chi connectivity index (χ0n) is 21.0. The van der Waals surface area contributed by atoms with E-state index in [1.165, 1.54) is 24.3 Å². The third kappa shape index (κ3) is 8.60. The number of rotatable bonds is 8. The Hall–Kier alpha value is -3.29. The fourth-order valence-electron chi connectivity index (χ4n) is 3.66. The predicted molar refractivity (Wildman–Crippen MR) is 139 cm³/mol. The second-order valence-corrected chi connectivity index (χ2v) is 10.1. The molecule has 0 amide bonds. The van der Waals surface area contributed by atoms with Crippen LogP contribution in [0.3, 0.4) is 0 Å². The Labute approximate surface area is 240 Å². The van der Waals surface area contributed by atoms with Crippen molar-refractivity contribution in [2.45, 2.75) is 51.5 Å². The molecule has 0 aromatic heterocycles. The highest BCUT2D eigenvalue weighted by molar-refractivity contribution is 9.10. The van der Waals surface area contributed by atoms with Crippen molar-refractivity contribution in [1.82, 2.24) is 0 Å². The average molecular weight is 672 g/mol. The molecular weight excluding hydrogens is 648 g/mol. The SMILES string of the molecule is CC(=O)O[C@@H]1O[C@H](COC(=O)c2ccc(Br)cc2)[C@@H](OC(=O)c2ccc(Br)cc2)[C@H](OC(C)=O)[C@@H]1OC(C)=O. The Balaban J connectivity index is 1.96. The van der Waals surface area contributed by atoms with Crippen molar-refractivity contribution in [2.75, 3.05) is 6.61 Å². The van der Waals surface area contributed by atoms with E-state index in [0.29, 0.717) is 0 Å². The Bertz CT molecular complexity index is 1210. The smallest absolute Gasteiger partial charge is 0.338 e. The number of carbonyl (C=O) groups excluding carboxylic acids is 5. The lowest BCUT2D eigenvalue weighted by atomic mass is 9.98. The summed E-state index contributed by atoms with van der Waals surface area (Å²) in [5.74, 6) is -3.97. The summed E-state index contributed by atoms with van der Waals surface area (Å²) in [5.41, 5.74) is 0.375. The zero-order chi connectivity index (χ0) is 28.7. The van der Waals surface area contributed by atoms with Crippen LogP contribution in [0.5, 0.6) is 0 Å². The van der Waals surface area contributed by atoms with Crippen LogP contribution in [-0.2, 0) is 42.8 Å². The minimum atomic E-state index is -1.57. The number of halogens is 2. The molecular formula is C26H24Br2O11. The van der Waals surface area contributed by atoms with Crippen molar-refractivity contribution in [3.63, 3.8) is 0 Å². The predicted octanol–water partition coefficient (Wildman–Crippen LogP) is 3.75. The number of ether oxygens (including phenoxy) is 6. The standard InChI is InChI=1S/C26H24Br2O11/c1-13(29)35-22-21(39-25(33)17-6-10-19(28)11-7-17)20(12-34-24(32)16-4-8-18(27)9-5-16)38-26(37-15(3)31)23(22)36-14(2)30/h4-11,20-23,26H,12H2,1-3H3/t20-,21-,22+,23+,26-/m1/s1. The number of hydrogen-bond acceptors (Lipinski definition) is 11. The van der Waals surface area contributed by atoms with Crippen molar-refractivity contribution in [1.29, 1.82) is 0 Å². The molecule has 0 spiro atoms. The van der Waals surface area contributed by atoms with Crippen LogP contribution >= 0.6 is 31.9 Å². The molecule has 0 saturated carbocycles. The molecule has 0 aliphatic carbocycles. The Morgan fingerprint density at radius 1 is 0.641 bits per heavy atom. The average Bonchev–Trinajstić information content (AvgIpc) is 2.86. The summed E-state index contributed by atoms with van der Waals surface area (Å²) >= 11 is 6.57. The van der Waals surface area contributed by atoms with E-state index >= 15 is 0 Å². The summed E-state index contributed by atoms with van der Waals surface area (Å²) in [6.07, 6.45) is -7.31. The number of carbonyl (C=O) groups is 5. The maximum absolute atomic E-state index is 13.0. The third-order valence-corrected chi connectivity index (χ3v) is 6.32. The van der Waals surface area contributed by atoms with E-state index in [1.807, 2.05) is 0 Å². The Kier molecular flexibility index (Phi) is 10.6. The van der Waals surface area contributed by atoms with Crippen molar-refractivity contribution in [3.8, 4) is 0 Å². The molecule has 13 heteroatoms. The van der Waals surface area contributed by atoms with E-state index < -0.39 is 67.2 Å². The van der Waals surface area contributed by atoms with Gasteiger partial charge in [0.2, 0.25) is 12.4 Å². The summed E-state index contributed by atoms with van der Waals surface area (Å²) in [6, 6.07) is 12.6. The first kappa shape index (κ1) is 30.3. The van der Waals surface area contributed by atoms with Crippen LogP contribution in [0, 0.1) is 0 Å². The van der Waals surface area contributed by atoms with Gasteiger partial charge in [-0.05, 0) is 48.5 Å². The quantitative estimate of drug-likeness (QED) is 0.299. The van der Waals surface area contributed by atoms with Crippen LogP contribution in [0.15, 0.2) is 57.5 Å². The van der Waals surface area contributed by atoms with Gasteiger partial charge in [0.15, 0.2) is 12.2 Å². The molecule has 0 bridgehead atoms. The molecule has 39 heavy (non-hydrogen) atoms. The van der Waals surface area contributed by atoms with E-state index in [1.54, 1.807) is 24.3 Å². The van der Waals surface area contributed by atoms with Crippen LogP contribution in [0.1, 0.15) is 41.5 Å². The first-order chi connectivity index (χ1) is 18.4. The third-order valence-electron chi connectivity index (χ3n) is 5.26. The largest absolute Gasteiger partial charge is 0.459 e. The van der Waals surface area contributed by atoms with E-state index in [0.717, 1.165) is 29.7 Å². The maximum Gasteiger partial charge on any atom is 0.338 e. The van der Waals surface area contributed by atoms with Crippen LogP contribution in [0.2, 0.25) is 0 Å². The molecule has 0 unspecified atom stereocenters. The minimum absolute atomic E-state index is 0.150. The van der Waals surface area contributed by atoms with Crippen molar-refractivity contribution in [3.05, 3.63) is 68.6 Å². The summed E-state index contributed by atoms with van der Waals surface area (Å²) in [5, 5.41) is 0. The Morgan fingerprint density at radius 3 is 1.59 bits per heavy atom. The molecule has 2 aromatic carbocycles. The molecule has 0 N–H and O–H groups in total. The van der Waals surface area contributed by atoms with Crippen molar-refractivity contribution in [2.24, 2.45) is 0 Å². The molecule has 1 heterocycles. The molecule has 208 valence electrons. The van der Waals surface area contributed by atoms with Crippen LogP contribution in [0.25, 0.3) is 0 Å². The van der Waals surface area contributed by atoms with Crippen LogP contribution < -0.4 is 0 Å². The lowest BCUT2D eigenvalue weighted by molar-refractivity contribution is -0.296. The van der Waals surface area contributed by atoms with Crippen molar-refractivity contribution >= 4 is 61.7 Å². The van der Waals surface area contributed by atoms with Gasteiger partial charge in [0.25, 0.3) is 0 Å². The second kappa shape index (κ2) is 13.7. The lowest BCUT2D eigenvalue weighted by Crippen LogP contribution is -2.63. The fourth-order valence-corrected chi connectivity index (χ4v) is 4.19. The highest BCUT2D eigenvalue weighted by Crippen LogP contribution is 2.31. The summed E-state index contributed by atoms with van der Waals surface area (Å²) < 4.78 is 34.2. The van der Waals surface area contributed by atoms with E-state index in [2.05, 4.69) is 31.9 Å². The van der Waals surface area contributed by atoms with Gasteiger partial charge in [0.1, 0.15) is 12.7 Å². The molecule has 1 saturated heterocycles. The molecule has 3 rings (SSSR count). The van der Waals surface area contributed by atoms with Gasteiger partial charge < -0.3 is 28.4 Å². The molecule has 0 radical (unpaired) electrons. The number of benzene rings is 2. The van der Waals surface area contributed by atoms with Gasteiger partial charge in [-0.2, -0.15) is 0 Å². The first-order valence-electron chi connectivity index (χ1n) is 11.5. The van der Waals surface area contributed by atoms with E-state index in [-0.39, 0.29) is 11.1 Å². The summed E-state index contributed by atoms with van der Waals surface area (Å²) in [4.78, 5) is 61.4. The highest BCUT2D eigenvalue weighted by atomic mass is 79.9. The second-order valence-electron chi connectivity index (χ2n) is 8.28. The van der Waals surface area contributed by atoms with Gasteiger partial charge >= 0.3 is 29.8 Å². The van der Waals surface area contributed by atoms with E-state index in [9.17, 15) is 24.0 Å². The summed E-state index contributed by atoms with van der Waals surface area (Å²) in [6.45, 7) is 2.77. The lowest BCUT2D eigenvalue weighted by Gasteiger charge is -2.43. The molecule has 1 aliphatic rings. The molecule has 11 nitrogen and oxygen atoms in total. The molecule has 1 fully saturated rings. The first-order valence-corrected chi connectivity index (χ1v) is 13.1. The molecule has 1 aliphatic heterocycles. The van der Waals surface area contributed by atoms with Crippen LogP contribution in [0.4, 0.5) is 0 Å². The van der Waals surface area contributed by atoms with Gasteiger partial charge in [-0.25, -0.2) is 9.59 Å². The van der Waals surface area contributed by atoms with Gasteiger partial charge in [-0.15, -0.1) is 0 Å². The van der Waals surface area contributed by atoms with Gasteiger partial charge in [-0.3, -0.25) is 14.4 Å². The monoisotopic (exact) mass is 670 g/mol. The zero-order valence-corrected chi connectivity index (χ0v) is 24.1. The van der Waals surface area contributed by atoms with Crippen molar-refractivity contribution < 1.29 is 52.4 Å². The topological polar surface area (TPSA) is 141 Å². The number of esters is 5. The molecule has 2 aromatic rings. The van der Waals surface area contributed by atoms with Crippen LogP contribution in [-0.4, -0.2) is 67.2 Å². The van der Waals surface area contributed by atoms with Gasteiger partial charge in [0.05, 0.1) is 11.1 Å². The molecule has 5 atom stereocenters. The van der Waals surface area contributed by atoms with Gasteiger partial charge in [0, 0.05) is 29.7 Å². The number of hydrogen-bond donors (Lipinski definition) is 0. The highest BCUT2D eigenvalue weighted by Gasteiger charge is 2.54.